The van der Waals surface area contributed by atoms with E-state index in [9.17, 15) is 4.39 Å². The Kier molecular flexibility index (Phi) is 9.37. The van der Waals surface area contributed by atoms with Crippen molar-refractivity contribution in [2.24, 2.45) is 10.2 Å². The summed E-state index contributed by atoms with van der Waals surface area (Å²) in [5.74, 6) is -0.250. The number of hydrogen-bond acceptors (Lipinski definition) is 2. The maximum absolute atomic E-state index is 14.7. The van der Waals surface area contributed by atoms with Gasteiger partial charge < -0.3 is 0 Å². The van der Waals surface area contributed by atoms with Gasteiger partial charge in [-0.25, -0.2) is 4.39 Å². The predicted octanol–water partition coefficient (Wildman–Crippen LogP) is 8.02. The molecule has 32 heavy (non-hydrogen) atoms. The first kappa shape index (κ1) is 23.6. The molecule has 0 aliphatic heterocycles. The van der Waals surface area contributed by atoms with Gasteiger partial charge in [0.25, 0.3) is 0 Å². The van der Waals surface area contributed by atoms with Gasteiger partial charge in [0, 0.05) is 5.56 Å². The number of unbranched alkanes of at least 4 members (excludes halogenated alkanes) is 3. The normalized spacial score (nSPS) is 11.6. The molecule has 0 saturated carbocycles. The third-order valence-corrected chi connectivity index (χ3v) is 5.65. The molecule has 0 amide bonds. The number of nitrogens with zero attached hydrogens (tertiary/aromatic N) is 2. The first-order chi connectivity index (χ1) is 15.7. The van der Waals surface area contributed by atoms with Crippen LogP contribution < -0.4 is 0 Å². The van der Waals surface area contributed by atoms with Crippen molar-refractivity contribution in [1.29, 1.82) is 0 Å². The summed E-state index contributed by atoms with van der Waals surface area (Å²) in [6.45, 7) is 4.40. The van der Waals surface area contributed by atoms with E-state index in [1.165, 1.54) is 49.3 Å². The summed E-state index contributed by atoms with van der Waals surface area (Å²) in [5, 5.41) is 8.33. The Morgan fingerprint density at radius 2 is 1.50 bits per heavy atom. The predicted molar refractivity (Wildman–Crippen MR) is 135 cm³/mol. The molecule has 0 fully saturated rings. The van der Waals surface area contributed by atoms with Crippen LogP contribution in [0.25, 0.3) is 11.1 Å². The zero-order chi connectivity index (χ0) is 22.6. The minimum absolute atomic E-state index is 0.250. The van der Waals surface area contributed by atoms with Crippen molar-refractivity contribution >= 4 is 12.4 Å². The molecule has 3 aromatic carbocycles. The Morgan fingerprint density at radius 3 is 2.25 bits per heavy atom. The third kappa shape index (κ3) is 6.98. The molecule has 3 aromatic rings. The number of halogens is 1. The smallest absolute Gasteiger partial charge is 0.131 e. The van der Waals surface area contributed by atoms with Crippen LogP contribution in [0.3, 0.4) is 0 Å². The minimum Gasteiger partial charge on any atom is -0.206 e. The summed E-state index contributed by atoms with van der Waals surface area (Å²) in [6.07, 6.45) is 11.5. The fourth-order valence-electron chi connectivity index (χ4n) is 3.73. The van der Waals surface area contributed by atoms with Gasteiger partial charge in [0.2, 0.25) is 0 Å². The van der Waals surface area contributed by atoms with E-state index in [1.54, 1.807) is 12.4 Å². The first-order valence-corrected chi connectivity index (χ1v) is 11.7. The lowest BCUT2D eigenvalue weighted by Gasteiger charge is -2.06. The van der Waals surface area contributed by atoms with Gasteiger partial charge in [-0.2, -0.15) is 10.2 Å². The van der Waals surface area contributed by atoms with Crippen LogP contribution in [0.15, 0.2) is 76.9 Å². The summed E-state index contributed by atoms with van der Waals surface area (Å²) < 4.78 is 14.7. The lowest BCUT2D eigenvalue weighted by Crippen LogP contribution is -1.93. The lowest BCUT2D eigenvalue weighted by molar-refractivity contribution is 0.631. The van der Waals surface area contributed by atoms with Crippen molar-refractivity contribution in [3.63, 3.8) is 0 Å². The van der Waals surface area contributed by atoms with E-state index in [1.807, 2.05) is 30.3 Å². The van der Waals surface area contributed by atoms with Crippen molar-refractivity contribution < 1.29 is 4.39 Å². The second-order valence-corrected chi connectivity index (χ2v) is 8.18. The molecular formula is C29H33FN2. The molecule has 2 nitrogen and oxygen atoms in total. The molecule has 0 aromatic heterocycles. The van der Waals surface area contributed by atoms with Crippen LogP contribution in [0.2, 0.25) is 0 Å². The zero-order valence-corrected chi connectivity index (χ0v) is 19.2. The van der Waals surface area contributed by atoms with Crippen LogP contribution in [0.4, 0.5) is 4.39 Å². The maximum atomic E-state index is 14.7. The van der Waals surface area contributed by atoms with E-state index in [0.717, 1.165) is 24.0 Å². The molecule has 0 unspecified atom stereocenters. The third-order valence-electron chi connectivity index (χ3n) is 5.65. The molecule has 0 aliphatic carbocycles. The molecule has 0 aliphatic rings. The number of hydrogen-bond donors (Lipinski definition) is 0. The van der Waals surface area contributed by atoms with Crippen LogP contribution in [0, 0.1) is 5.82 Å². The average molecular weight is 429 g/mol. The monoisotopic (exact) mass is 428 g/mol. The number of benzene rings is 3. The minimum atomic E-state index is -0.250. The highest BCUT2D eigenvalue weighted by atomic mass is 19.1. The second-order valence-electron chi connectivity index (χ2n) is 8.18. The van der Waals surface area contributed by atoms with Crippen molar-refractivity contribution in [3.05, 3.63) is 94.8 Å². The molecule has 0 heterocycles. The van der Waals surface area contributed by atoms with E-state index in [-0.39, 0.29) is 5.82 Å². The van der Waals surface area contributed by atoms with Crippen LogP contribution in [0.1, 0.15) is 68.2 Å². The van der Waals surface area contributed by atoms with Gasteiger partial charge in [0.05, 0.1) is 12.4 Å². The van der Waals surface area contributed by atoms with Gasteiger partial charge in [-0.1, -0.05) is 93.8 Å². The summed E-state index contributed by atoms with van der Waals surface area (Å²) >= 11 is 0. The SMILES string of the molecule is CCCCCc1ccccc1C=NN=Cc1ccc(-c2ccc(CCCC)cc2)c(F)c1. The average Bonchev–Trinajstić information content (AvgIpc) is 2.82. The molecule has 0 bridgehead atoms. The highest BCUT2D eigenvalue weighted by molar-refractivity contribution is 5.84. The fourth-order valence-corrected chi connectivity index (χ4v) is 3.73. The van der Waals surface area contributed by atoms with E-state index in [2.05, 4.69) is 54.4 Å². The Labute approximate surface area is 191 Å². The summed E-state index contributed by atoms with van der Waals surface area (Å²) in [6, 6.07) is 21.7. The standard InChI is InChI=1S/C29H33FN2/c1-3-5-7-11-25-12-8-9-13-27(25)22-32-31-21-24-16-19-28(29(30)20-24)26-17-14-23(15-18-26)10-6-4-2/h8-9,12-22H,3-7,10-11H2,1-2H3. The van der Waals surface area contributed by atoms with Gasteiger partial charge in [-0.15, -0.1) is 0 Å². The highest BCUT2D eigenvalue weighted by Gasteiger charge is 2.06. The van der Waals surface area contributed by atoms with Crippen molar-refractivity contribution in [1.82, 2.24) is 0 Å². The van der Waals surface area contributed by atoms with Crippen LogP contribution in [-0.2, 0) is 12.8 Å². The summed E-state index contributed by atoms with van der Waals surface area (Å²) in [4.78, 5) is 0. The van der Waals surface area contributed by atoms with Gasteiger partial charge in [-0.05, 0) is 59.6 Å². The molecule has 0 saturated heterocycles. The molecule has 3 heteroatoms. The van der Waals surface area contributed by atoms with Gasteiger partial charge >= 0.3 is 0 Å². The zero-order valence-electron chi connectivity index (χ0n) is 19.2. The van der Waals surface area contributed by atoms with E-state index >= 15 is 0 Å². The largest absolute Gasteiger partial charge is 0.206 e. The Balaban J connectivity index is 1.64. The van der Waals surface area contributed by atoms with Gasteiger partial charge in [0.1, 0.15) is 5.82 Å². The topological polar surface area (TPSA) is 24.7 Å². The maximum Gasteiger partial charge on any atom is 0.131 e. The summed E-state index contributed by atoms with van der Waals surface area (Å²) in [7, 11) is 0. The van der Waals surface area contributed by atoms with E-state index < -0.39 is 0 Å². The molecule has 0 spiro atoms. The van der Waals surface area contributed by atoms with E-state index in [4.69, 9.17) is 0 Å². The molecular weight excluding hydrogens is 395 g/mol. The van der Waals surface area contributed by atoms with Crippen molar-refractivity contribution in [2.75, 3.05) is 0 Å². The lowest BCUT2D eigenvalue weighted by atomic mass is 10.0. The number of rotatable bonds is 11. The van der Waals surface area contributed by atoms with Crippen LogP contribution in [0.5, 0.6) is 0 Å². The fraction of sp³-hybridized carbons (Fsp3) is 0.310. The quantitative estimate of drug-likeness (QED) is 0.168. The van der Waals surface area contributed by atoms with E-state index in [0.29, 0.717) is 11.1 Å². The Hall–Kier alpha value is -3.07. The second kappa shape index (κ2) is 12.7. The molecule has 0 radical (unpaired) electrons. The van der Waals surface area contributed by atoms with Crippen molar-refractivity contribution in [3.8, 4) is 11.1 Å². The van der Waals surface area contributed by atoms with Crippen LogP contribution in [-0.4, -0.2) is 12.4 Å². The Morgan fingerprint density at radius 1 is 0.750 bits per heavy atom. The highest BCUT2D eigenvalue weighted by Crippen LogP contribution is 2.24. The first-order valence-electron chi connectivity index (χ1n) is 11.7. The number of aryl methyl sites for hydroxylation is 2. The van der Waals surface area contributed by atoms with Crippen LogP contribution >= 0.6 is 0 Å². The van der Waals surface area contributed by atoms with Gasteiger partial charge in [0.15, 0.2) is 0 Å². The molecule has 166 valence electrons. The van der Waals surface area contributed by atoms with Gasteiger partial charge in [-0.3, -0.25) is 0 Å². The molecule has 3 rings (SSSR count). The summed E-state index contributed by atoms with van der Waals surface area (Å²) in [5.41, 5.74) is 5.86. The Bertz CT molecular complexity index is 1040. The molecule has 0 atom stereocenters. The molecule has 0 N–H and O–H groups in total. The van der Waals surface area contributed by atoms with Crippen molar-refractivity contribution in [2.45, 2.75) is 58.8 Å².